The summed E-state index contributed by atoms with van der Waals surface area (Å²) in [6, 6.07) is 12.3. The maximum absolute atomic E-state index is 13.3. The first-order chi connectivity index (χ1) is 12.5. The highest BCUT2D eigenvalue weighted by molar-refractivity contribution is 5.88. The van der Waals surface area contributed by atoms with Gasteiger partial charge in [-0.2, -0.15) is 0 Å². The summed E-state index contributed by atoms with van der Waals surface area (Å²) in [5, 5.41) is 0. The van der Waals surface area contributed by atoms with E-state index in [2.05, 4.69) is 0 Å². The number of carbonyl (C=O) groups excluding carboxylic acids is 2. The molecule has 1 heterocycles. The highest BCUT2D eigenvalue weighted by Gasteiger charge is 2.38. The predicted octanol–water partition coefficient (Wildman–Crippen LogP) is 2.89. The standard InChI is InChI=1S/C20H20FNO4/c1-13(26-16-8-5-7-15(21)12-16)19(23)22-11-10-14-6-3-4-9-17(14)18(22)20(24)25-2/h3-9,12-13,18H,10-11H2,1-2H3/t13-,18+/m0/s1. The van der Waals surface area contributed by atoms with Gasteiger partial charge in [-0.05, 0) is 36.6 Å². The van der Waals surface area contributed by atoms with Crippen LogP contribution in [0, 0.1) is 5.82 Å². The van der Waals surface area contributed by atoms with Crippen molar-refractivity contribution in [3.8, 4) is 5.75 Å². The molecule has 5 nitrogen and oxygen atoms in total. The number of methoxy groups -OCH3 is 1. The first-order valence-electron chi connectivity index (χ1n) is 8.39. The van der Waals surface area contributed by atoms with E-state index in [-0.39, 0.29) is 11.7 Å². The second-order valence-corrected chi connectivity index (χ2v) is 6.12. The molecule has 0 aliphatic carbocycles. The van der Waals surface area contributed by atoms with Gasteiger partial charge in [0.1, 0.15) is 11.6 Å². The minimum atomic E-state index is -0.866. The van der Waals surface area contributed by atoms with E-state index >= 15 is 0 Å². The summed E-state index contributed by atoms with van der Waals surface area (Å²) in [5.41, 5.74) is 1.78. The SMILES string of the molecule is COC(=O)[C@H]1c2ccccc2CCN1C(=O)[C@H](C)Oc1cccc(F)c1. The predicted molar refractivity (Wildman–Crippen MR) is 93.1 cm³/mol. The van der Waals surface area contributed by atoms with Gasteiger partial charge in [-0.3, -0.25) is 4.79 Å². The number of fused-ring (bicyclic) bond motifs is 1. The molecule has 3 rings (SSSR count). The van der Waals surface area contributed by atoms with Crippen molar-refractivity contribution in [1.29, 1.82) is 0 Å². The number of hydrogen-bond donors (Lipinski definition) is 0. The summed E-state index contributed by atoms with van der Waals surface area (Å²) < 4.78 is 23.8. The molecule has 2 aromatic carbocycles. The Morgan fingerprint density at radius 2 is 1.96 bits per heavy atom. The fourth-order valence-electron chi connectivity index (χ4n) is 3.20. The molecule has 0 saturated carbocycles. The lowest BCUT2D eigenvalue weighted by Crippen LogP contribution is -2.48. The maximum atomic E-state index is 13.3. The molecule has 0 saturated heterocycles. The van der Waals surface area contributed by atoms with Crippen LogP contribution in [0.2, 0.25) is 0 Å². The second-order valence-electron chi connectivity index (χ2n) is 6.12. The number of rotatable bonds is 4. The molecule has 0 radical (unpaired) electrons. The van der Waals surface area contributed by atoms with Crippen LogP contribution >= 0.6 is 0 Å². The van der Waals surface area contributed by atoms with Crippen molar-refractivity contribution >= 4 is 11.9 Å². The fraction of sp³-hybridized carbons (Fsp3) is 0.300. The van der Waals surface area contributed by atoms with Gasteiger partial charge in [-0.25, -0.2) is 9.18 Å². The summed E-state index contributed by atoms with van der Waals surface area (Å²) in [4.78, 5) is 26.8. The molecule has 0 spiro atoms. The quantitative estimate of drug-likeness (QED) is 0.790. The molecule has 0 aromatic heterocycles. The van der Waals surface area contributed by atoms with Crippen molar-refractivity contribution < 1.29 is 23.5 Å². The normalized spacial score (nSPS) is 17.2. The van der Waals surface area contributed by atoms with E-state index < -0.39 is 23.9 Å². The van der Waals surface area contributed by atoms with E-state index in [4.69, 9.17) is 9.47 Å². The Hall–Kier alpha value is -2.89. The summed E-state index contributed by atoms with van der Waals surface area (Å²) in [6.45, 7) is 1.97. The van der Waals surface area contributed by atoms with E-state index in [1.54, 1.807) is 13.0 Å². The minimum absolute atomic E-state index is 0.262. The third kappa shape index (κ3) is 3.54. The molecule has 2 aromatic rings. The Labute approximate surface area is 151 Å². The molecule has 136 valence electrons. The van der Waals surface area contributed by atoms with E-state index in [1.165, 1.54) is 30.2 Å². The van der Waals surface area contributed by atoms with Gasteiger partial charge in [-0.1, -0.05) is 30.3 Å². The Bertz CT molecular complexity index is 823. The van der Waals surface area contributed by atoms with Gasteiger partial charge in [0.05, 0.1) is 7.11 Å². The average molecular weight is 357 g/mol. The van der Waals surface area contributed by atoms with Crippen molar-refractivity contribution in [2.24, 2.45) is 0 Å². The van der Waals surface area contributed by atoms with E-state index in [0.717, 1.165) is 11.1 Å². The fourth-order valence-corrected chi connectivity index (χ4v) is 3.20. The van der Waals surface area contributed by atoms with Crippen molar-refractivity contribution in [2.75, 3.05) is 13.7 Å². The molecule has 0 fully saturated rings. The topological polar surface area (TPSA) is 55.8 Å². The number of nitrogens with zero attached hydrogens (tertiary/aromatic N) is 1. The molecule has 0 N–H and O–H groups in total. The number of ether oxygens (including phenoxy) is 2. The zero-order valence-corrected chi connectivity index (χ0v) is 14.6. The molecular weight excluding hydrogens is 337 g/mol. The Kier molecular flexibility index (Phi) is 5.21. The Morgan fingerprint density at radius 3 is 2.69 bits per heavy atom. The molecule has 1 amide bonds. The molecule has 26 heavy (non-hydrogen) atoms. The second kappa shape index (κ2) is 7.56. The average Bonchev–Trinajstić information content (AvgIpc) is 2.65. The first kappa shape index (κ1) is 17.9. The van der Waals surface area contributed by atoms with Gasteiger partial charge < -0.3 is 14.4 Å². The lowest BCUT2D eigenvalue weighted by molar-refractivity contribution is -0.156. The lowest BCUT2D eigenvalue weighted by Gasteiger charge is -2.36. The summed E-state index contributed by atoms with van der Waals surface area (Å²) in [7, 11) is 1.30. The lowest BCUT2D eigenvalue weighted by atomic mass is 9.92. The van der Waals surface area contributed by atoms with Gasteiger partial charge >= 0.3 is 5.97 Å². The summed E-state index contributed by atoms with van der Waals surface area (Å²) >= 11 is 0. The van der Waals surface area contributed by atoms with Crippen LogP contribution in [-0.4, -0.2) is 36.5 Å². The molecule has 6 heteroatoms. The van der Waals surface area contributed by atoms with Gasteiger partial charge in [0.25, 0.3) is 5.91 Å². The highest BCUT2D eigenvalue weighted by Crippen LogP contribution is 2.31. The van der Waals surface area contributed by atoms with Crippen molar-refractivity contribution in [3.05, 3.63) is 65.5 Å². The van der Waals surface area contributed by atoms with Crippen molar-refractivity contribution in [2.45, 2.75) is 25.5 Å². The van der Waals surface area contributed by atoms with E-state index in [0.29, 0.717) is 13.0 Å². The summed E-state index contributed by atoms with van der Waals surface area (Å²) in [5.74, 6) is -1.03. The molecule has 2 atom stereocenters. The largest absolute Gasteiger partial charge is 0.481 e. The molecule has 0 bridgehead atoms. The Morgan fingerprint density at radius 1 is 1.19 bits per heavy atom. The van der Waals surface area contributed by atoms with Crippen molar-refractivity contribution in [3.63, 3.8) is 0 Å². The summed E-state index contributed by atoms with van der Waals surface area (Å²) in [6.07, 6.45) is -0.225. The van der Waals surface area contributed by atoms with Crippen LogP contribution in [0.5, 0.6) is 5.75 Å². The third-order valence-corrected chi connectivity index (χ3v) is 4.45. The van der Waals surface area contributed by atoms with Crippen LogP contribution in [0.15, 0.2) is 48.5 Å². The van der Waals surface area contributed by atoms with Crippen molar-refractivity contribution in [1.82, 2.24) is 4.90 Å². The zero-order chi connectivity index (χ0) is 18.7. The number of hydrogen-bond acceptors (Lipinski definition) is 4. The third-order valence-electron chi connectivity index (χ3n) is 4.45. The van der Waals surface area contributed by atoms with Gasteiger partial charge in [0.15, 0.2) is 12.1 Å². The number of esters is 1. The maximum Gasteiger partial charge on any atom is 0.333 e. The van der Waals surface area contributed by atoms with E-state index in [1.807, 2.05) is 24.3 Å². The number of carbonyl (C=O) groups is 2. The number of amides is 1. The van der Waals surface area contributed by atoms with Gasteiger partial charge in [0.2, 0.25) is 0 Å². The number of benzene rings is 2. The van der Waals surface area contributed by atoms with Crippen LogP contribution in [0.1, 0.15) is 24.1 Å². The van der Waals surface area contributed by atoms with Crippen LogP contribution in [0.4, 0.5) is 4.39 Å². The van der Waals surface area contributed by atoms with Gasteiger partial charge in [-0.15, -0.1) is 0 Å². The molecule has 1 aliphatic heterocycles. The van der Waals surface area contributed by atoms with Crippen LogP contribution in [0.3, 0.4) is 0 Å². The molecule has 1 aliphatic rings. The van der Waals surface area contributed by atoms with Crippen LogP contribution in [0.25, 0.3) is 0 Å². The van der Waals surface area contributed by atoms with Crippen LogP contribution in [-0.2, 0) is 20.7 Å². The van der Waals surface area contributed by atoms with E-state index in [9.17, 15) is 14.0 Å². The van der Waals surface area contributed by atoms with Crippen LogP contribution < -0.4 is 4.74 Å². The zero-order valence-electron chi connectivity index (χ0n) is 14.6. The molecule has 0 unspecified atom stereocenters. The number of halogens is 1. The highest BCUT2D eigenvalue weighted by atomic mass is 19.1. The molecular formula is C20H20FNO4. The smallest absolute Gasteiger partial charge is 0.333 e. The first-order valence-corrected chi connectivity index (χ1v) is 8.39. The Balaban J connectivity index is 1.84. The minimum Gasteiger partial charge on any atom is -0.481 e. The van der Waals surface area contributed by atoms with Gasteiger partial charge in [0, 0.05) is 12.6 Å². The monoisotopic (exact) mass is 357 g/mol.